The molecule has 0 spiro atoms. The van der Waals surface area contributed by atoms with Crippen molar-refractivity contribution in [1.82, 2.24) is 5.32 Å². The normalized spacial score (nSPS) is 18.9. The number of unbranched alkanes of at least 4 members (excludes halogenated alkanes) is 43. The van der Waals surface area contributed by atoms with Crippen LogP contribution in [0.15, 0.2) is 24.3 Å². The van der Waals surface area contributed by atoms with Gasteiger partial charge in [0.05, 0.1) is 25.4 Å². The van der Waals surface area contributed by atoms with Crippen molar-refractivity contribution in [2.75, 3.05) is 13.2 Å². The number of aliphatic hydroxyl groups excluding tert-OH is 5. The summed E-state index contributed by atoms with van der Waals surface area (Å²) in [6, 6.07) is -1.03. The van der Waals surface area contributed by atoms with Gasteiger partial charge in [-0.3, -0.25) is 9.59 Å². The molecule has 11 heteroatoms. The number of carbonyl (C=O) groups is 2. The van der Waals surface area contributed by atoms with E-state index in [4.69, 9.17) is 14.2 Å². The van der Waals surface area contributed by atoms with Crippen LogP contribution in [0.3, 0.4) is 0 Å². The molecule has 1 rings (SSSR count). The van der Waals surface area contributed by atoms with Crippen molar-refractivity contribution < 1.29 is 49.3 Å². The van der Waals surface area contributed by atoms with Crippen LogP contribution in [0.4, 0.5) is 0 Å². The van der Waals surface area contributed by atoms with Crippen LogP contribution in [0, 0.1) is 0 Å². The first-order valence-electron chi connectivity index (χ1n) is 34.1. The first-order chi connectivity index (χ1) is 38.7. The van der Waals surface area contributed by atoms with Crippen LogP contribution in [0.1, 0.15) is 335 Å². The zero-order valence-electron chi connectivity index (χ0n) is 51.8. The van der Waals surface area contributed by atoms with Crippen molar-refractivity contribution in [2.24, 2.45) is 0 Å². The molecule has 0 bridgehead atoms. The van der Waals surface area contributed by atoms with E-state index in [2.05, 4.69) is 38.2 Å². The second kappa shape index (κ2) is 56.6. The lowest BCUT2D eigenvalue weighted by atomic mass is 9.99. The second-order valence-corrected chi connectivity index (χ2v) is 23.9. The van der Waals surface area contributed by atoms with Crippen molar-refractivity contribution in [3.8, 4) is 0 Å². The van der Waals surface area contributed by atoms with Gasteiger partial charge in [0.15, 0.2) is 12.4 Å². The Kier molecular flexibility index (Phi) is 53.9. The van der Waals surface area contributed by atoms with Crippen molar-refractivity contribution in [3.63, 3.8) is 0 Å². The summed E-state index contributed by atoms with van der Waals surface area (Å²) >= 11 is 0. The molecule has 466 valence electrons. The Bertz CT molecular complexity index is 1380. The topological polar surface area (TPSA) is 175 Å². The van der Waals surface area contributed by atoms with Gasteiger partial charge >= 0.3 is 5.97 Å². The fourth-order valence-corrected chi connectivity index (χ4v) is 10.9. The quantitative estimate of drug-likeness (QED) is 0.0195. The van der Waals surface area contributed by atoms with E-state index in [0.29, 0.717) is 12.8 Å². The molecular weight excluding hydrogens is 991 g/mol. The van der Waals surface area contributed by atoms with E-state index in [1.807, 2.05) is 6.08 Å². The maximum atomic E-state index is 13.4. The van der Waals surface area contributed by atoms with E-state index in [-0.39, 0.29) is 19.4 Å². The number of carbonyl (C=O) groups excluding carboxylic acids is 2. The molecule has 1 aliphatic rings. The van der Waals surface area contributed by atoms with Crippen molar-refractivity contribution in [2.45, 2.75) is 384 Å². The van der Waals surface area contributed by atoms with E-state index in [0.717, 1.165) is 57.8 Å². The number of nitrogens with one attached hydrogen (secondary N) is 1. The monoisotopic (exact) mass is 1120 g/mol. The van der Waals surface area contributed by atoms with Gasteiger partial charge in [-0.2, -0.15) is 0 Å². The molecule has 0 aliphatic carbocycles. The summed E-state index contributed by atoms with van der Waals surface area (Å²) in [4.78, 5) is 26.5. The molecule has 1 fully saturated rings. The van der Waals surface area contributed by atoms with E-state index in [1.54, 1.807) is 6.08 Å². The molecule has 1 heterocycles. The zero-order valence-corrected chi connectivity index (χ0v) is 51.8. The van der Waals surface area contributed by atoms with E-state index in [1.165, 1.54) is 231 Å². The Morgan fingerprint density at radius 1 is 0.481 bits per heavy atom. The molecule has 6 N–H and O–H groups in total. The van der Waals surface area contributed by atoms with Crippen LogP contribution >= 0.6 is 0 Å². The van der Waals surface area contributed by atoms with E-state index in [9.17, 15) is 35.1 Å². The summed E-state index contributed by atoms with van der Waals surface area (Å²) < 4.78 is 17.6. The summed E-state index contributed by atoms with van der Waals surface area (Å²) in [7, 11) is 0. The molecule has 8 atom stereocenters. The smallest absolute Gasteiger partial charge is 0.306 e. The molecule has 1 aliphatic heterocycles. The average Bonchev–Trinajstić information content (AvgIpc) is 3.44. The van der Waals surface area contributed by atoms with Crippen molar-refractivity contribution >= 4 is 11.9 Å². The molecular formula is C68H129NO10. The van der Waals surface area contributed by atoms with Crippen molar-refractivity contribution in [3.05, 3.63) is 24.3 Å². The first-order valence-corrected chi connectivity index (χ1v) is 34.1. The van der Waals surface area contributed by atoms with Crippen LogP contribution in [0.5, 0.6) is 0 Å². The van der Waals surface area contributed by atoms with Gasteiger partial charge in [-0.1, -0.05) is 302 Å². The number of esters is 1. The Hall–Kier alpha value is -1.86. The third-order valence-electron chi connectivity index (χ3n) is 16.4. The van der Waals surface area contributed by atoms with Gasteiger partial charge in [0.2, 0.25) is 5.91 Å². The fourth-order valence-electron chi connectivity index (χ4n) is 10.9. The SMILES string of the molecule is CCCCCCCC/C=C\CCCCC(O)C(=O)NC(COC1OC(CO)C(O)C(O)C1OC(=O)CCCCCCCCCCCCCCCCCCCCCCCCCCCCC)C(O)/C=C/CCCCCCCCCCC. The minimum absolute atomic E-state index is 0.128. The minimum Gasteiger partial charge on any atom is -0.454 e. The van der Waals surface area contributed by atoms with Gasteiger partial charge < -0.3 is 45.1 Å². The third kappa shape index (κ3) is 44.4. The molecule has 8 unspecified atom stereocenters. The van der Waals surface area contributed by atoms with Crippen LogP contribution in [0.25, 0.3) is 0 Å². The highest BCUT2D eigenvalue weighted by Gasteiger charge is 2.47. The number of hydrogen-bond donors (Lipinski definition) is 6. The standard InChI is InChI=1S/C68H129NO10/c1-4-7-10-13-16-19-22-24-25-26-27-28-29-30-31-32-33-34-35-36-37-38-41-44-47-50-53-56-63(73)79-66-65(75)64(74)62(57-70)78-68(66)77-58-59(60(71)54-51-48-45-42-39-21-18-15-12-9-6-3)69-67(76)61(72)55-52-49-46-43-40-23-20-17-14-11-8-5-2/h40,43,51,54,59-62,64-66,68,70-72,74-75H,4-39,41-42,44-50,52-53,55-58H2,1-3H3,(H,69,76)/b43-40-,54-51+. The highest BCUT2D eigenvalue weighted by molar-refractivity contribution is 5.80. The van der Waals surface area contributed by atoms with Gasteiger partial charge in [-0.25, -0.2) is 0 Å². The Balaban J connectivity index is 2.50. The number of rotatable bonds is 59. The molecule has 0 aromatic heterocycles. The second-order valence-electron chi connectivity index (χ2n) is 23.9. The number of aliphatic hydroxyl groups is 5. The number of hydrogen-bond acceptors (Lipinski definition) is 10. The van der Waals surface area contributed by atoms with Crippen LogP contribution < -0.4 is 5.32 Å². The lowest BCUT2D eigenvalue weighted by Crippen LogP contribution is -2.61. The zero-order chi connectivity index (χ0) is 57.5. The molecule has 0 saturated carbocycles. The molecule has 79 heavy (non-hydrogen) atoms. The molecule has 1 saturated heterocycles. The summed E-state index contributed by atoms with van der Waals surface area (Å²) in [5.41, 5.74) is 0. The lowest BCUT2D eigenvalue weighted by Gasteiger charge is -2.41. The maximum Gasteiger partial charge on any atom is 0.306 e. The molecule has 0 radical (unpaired) electrons. The van der Waals surface area contributed by atoms with Crippen LogP contribution in [-0.4, -0.2) is 99.6 Å². The van der Waals surface area contributed by atoms with Crippen LogP contribution in [0.2, 0.25) is 0 Å². The predicted octanol–water partition coefficient (Wildman–Crippen LogP) is 16.8. The molecule has 0 aromatic rings. The number of amides is 1. The number of ether oxygens (including phenoxy) is 3. The van der Waals surface area contributed by atoms with Gasteiger partial charge in [-0.15, -0.1) is 0 Å². The highest BCUT2D eigenvalue weighted by atomic mass is 16.7. The van der Waals surface area contributed by atoms with Gasteiger partial charge in [0.1, 0.15) is 24.4 Å². The minimum atomic E-state index is -1.61. The Labute approximate surface area is 486 Å². The summed E-state index contributed by atoms with van der Waals surface area (Å²) in [6.07, 6.45) is 56.8. The Morgan fingerprint density at radius 2 is 0.835 bits per heavy atom. The van der Waals surface area contributed by atoms with E-state index >= 15 is 0 Å². The largest absolute Gasteiger partial charge is 0.454 e. The molecule has 11 nitrogen and oxygen atoms in total. The number of allylic oxidation sites excluding steroid dienone is 3. The van der Waals surface area contributed by atoms with Crippen molar-refractivity contribution in [1.29, 1.82) is 0 Å². The molecule has 1 amide bonds. The average molecular weight is 1120 g/mol. The molecule has 0 aromatic carbocycles. The maximum absolute atomic E-state index is 13.4. The Morgan fingerprint density at radius 3 is 1.23 bits per heavy atom. The lowest BCUT2D eigenvalue weighted by molar-refractivity contribution is -0.305. The van der Waals surface area contributed by atoms with Gasteiger partial charge in [0, 0.05) is 6.42 Å². The van der Waals surface area contributed by atoms with E-state index < -0.39 is 67.4 Å². The third-order valence-corrected chi connectivity index (χ3v) is 16.4. The summed E-state index contributed by atoms with van der Waals surface area (Å²) in [6.45, 7) is 5.80. The first kappa shape index (κ1) is 75.2. The predicted molar refractivity (Wildman–Crippen MR) is 329 cm³/mol. The van der Waals surface area contributed by atoms with Gasteiger partial charge in [-0.05, 0) is 51.4 Å². The van der Waals surface area contributed by atoms with Crippen LogP contribution in [-0.2, 0) is 23.8 Å². The van der Waals surface area contributed by atoms with Gasteiger partial charge in [0.25, 0.3) is 0 Å². The summed E-state index contributed by atoms with van der Waals surface area (Å²) in [5, 5.41) is 56.9. The highest BCUT2D eigenvalue weighted by Crippen LogP contribution is 2.26. The fraction of sp³-hybridized carbons (Fsp3) is 0.912. The summed E-state index contributed by atoms with van der Waals surface area (Å²) in [5.74, 6) is -1.20.